The highest BCUT2D eigenvalue weighted by Gasteiger charge is 2.29. The summed E-state index contributed by atoms with van der Waals surface area (Å²) in [5.41, 5.74) is 3.06. The maximum atomic E-state index is 13.4. The number of amides is 2. The summed E-state index contributed by atoms with van der Waals surface area (Å²) in [6.07, 6.45) is 1.64. The molecule has 2 rings (SSSR count). The summed E-state index contributed by atoms with van der Waals surface area (Å²) in [6, 6.07) is 15.0. The van der Waals surface area contributed by atoms with Gasteiger partial charge in [0, 0.05) is 12.6 Å². The highest BCUT2D eigenvalue weighted by Crippen LogP contribution is 2.18. The molecule has 5 nitrogen and oxygen atoms in total. The molecule has 0 fully saturated rings. The number of nitrogens with zero attached hydrogens (tertiary/aromatic N) is 1. The van der Waals surface area contributed by atoms with E-state index in [2.05, 4.69) is 5.32 Å². The SMILES string of the molecule is CC[C@H](C(=O)N[C@@H](C)CC)N(Cc1ccccc1C)C(=O)Cc1ccc(OC)cc1. The number of carbonyl (C=O) groups excluding carboxylic acids is 2. The van der Waals surface area contributed by atoms with E-state index >= 15 is 0 Å². The lowest BCUT2D eigenvalue weighted by atomic mass is 10.0. The van der Waals surface area contributed by atoms with Crippen LogP contribution in [0.15, 0.2) is 48.5 Å². The number of benzene rings is 2. The Morgan fingerprint density at radius 2 is 1.70 bits per heavy atom. The molecule has 0 aliphatic rings. The first-order valence-corrected chi connectivity index (χ1v) is 10.7. The highest BCUT2D eigenvalue weighted by atomic mass is 16.5. The van der Waals surface area contributed by atoms with Crippen molar-refractivity contribution in [2.75, 3.05) is 7.11 Å². The van der Waals surface area contributed by atoms with Crippen molar-refractivity contribution >= 4 is 11.8 Å². The predicted octanol–water partition coefficient (Wildman–Crippen LogP) is 4.27. The Hall–Kier alpha value is -2.82. The Labute approximate surface area is 180 Å². The molecule has 5 heteroatoms. The zero-order chi connectivity index (χ0) is 22.1. The van der Waals surface area contributed by atoms with Gasteiger partial charge in [-0.3, -0.25) is 9.59 Å². The van der Waals surface area contributed by atoms with Gasteiger partial charge in [0.1, 0.15) is 11.8 Å². The quantitative estimate of drug-likeness (QED) is 0.636. The molecule has 0 unspecified atom stereocenters. The molecule has 2 atom stereocenters. The molecule has 0 spiro atoms. The maximum Gasteiger partial charge on any atom is 0.243 e. The standard InChI is InChI=1S/C25H34N2O3/c1-6-19(4)26-25(29)23(7-2)27(17-21-11-9-8-10-18(21)3)24(28)16-20-12-14-22(30-5)15-13-20/h8-15,19,23H,6-7,16-17H2,1-5H3,(H,26,29)/t19-,23+/m0/s1. The molecule has 162 valence electrons. The maximum absolute atomic E-state index is 13.4. The smallest absolute Gasteiger partial charge is 0.243 e. The lowest BCUT2D eigenvalue weighted by Gasteiger charge is -2.32. The molecule has 2 aromatic rings. The third-order valence-electron chi connectivity index (χ3n) is 5.50. The van der Waals surface area contributed by atoms with Crippen LogP contribution in [0, 0.1) is 6.92 Å². The first-order valence-electron chi connectivity index (χ1n) is 10.7. The molecule has 0 aromatic heterocycles. The van der Waals surface area contributed by atoms with Gasteiger partial charge in [-0.1, -0.05) is 50.2 Å². The van der Waals surface area contributed by atoms with Crippen LogP contribution in [0.4, 0.5) is 0 Å². The average molecular weight is 411 g/mol. The van der Waals surface area contributed by atoms with Crippen LogP contribution in [-0.4, -0.2) is 35.9 Å². The van der Waals surface area contributed by atoms with E-state index < -0.39 is 6.04 Å². The van der Waals surface area contributed by atoms with Crippen molar-refractivity contribution in [3.63, 3.8) is 0 Å². The molecule has 2 aromatic carbocycles. The monoisotopic (exact) mass is 410 g/mol. The van der Waals surface area contributed by atoms with Crippen LogP contribution >= 0.6 is 0 Å². The fourth-order valence-electron chi connectivity index (χ4n) is 3.35. The molecule has 0 radical (unpaired) electrons. The topological polar surface area (TPSA) is 58.6 Å². The van der Waals surface area contributed by atoms with Crippen LogP contribution in [0.2, 0.25) is 0 Å². The number of rotatable bonds is 10. The molecule has 2 amide bonds. The molecular weight excluding hydrogens is 376 g/mol. The summed E-state index contributed by atoms with van der Waals surface area (Å²) < 4.78 is 5.20. The van der Waals surface area contributed by atoms with Crippen molar-refractivity contribution in [3.8, 4) is 5.75 Å². The molecule has 0 saturated heterocycles. The van der Waals surface area contributed by atoms with E-state index in [4.69, 9.17) is 4.74 Å². The normalized spacial score (nSPS) is 12.7. The van der Waals surface area contributed by atoms with Crippen molar-refractivity contribution in [1.29, 1.82) is 0 Å². The second-order valence-corrected chi connectivity index (χ2v) is 7.71. The lowest BCUT2D eigenvalue weighted by molar-refractivity contribution is -0.141. The Morgan fingerprint density at radius 1 is 1.03 bits per heavy atom. The van der Waals surface area contributed by atoms with Crippen LogP contribution in [-0.2, 0) is 22.6 Å². The van der Waals surface area contributed by atoms with Crippen molar-refractivity contribution in [3.05, 3.63) is 65.2 Å². The van der Waals surface area contributed by atoms with E-state index in [1.54, 1.807) is 12.0 Å². The molecule has 30 heavy (non-hydrogen) atoms. The number of aryl methyl sites for hydroxylation is 1. The third kappa shape index (κ3) is 6.34. The molecule has 0 bridgehead atoms. The Kier molecular flexibility index (Phi) is 8.90. The fraction of sp³-hybridized carbons (Fsp3) is 0.440. The van der Waals surface area contributed by atoms with Gasteiger partial charge in [-0.2, -0.15) is 0 Å². The van der Waals surface area contributed by atoms with Gasteiger partial charge < -0.3 is 15.0 Å². The van der Waals surface area contributed by atoms with Crippen molar-refractivity contribution in [2.45, 2.75) is 65.6 Å². The molecule has 0 aliphatic carbocycles. The lowest BCUT2D eigenvalue weighted by Crippen LogP contribution is -2.51. The molecule has 0 heterocycles. The molecular formula is C25H34N2O3. The van der Waals surface area contributed by atoms with Crippen LogP contribution < -0.4 is 10.1 Å². The van der Waals surface area contributed by atoms with Crippen LogP contribution in [0.1, 0.15) is 50.3 Å². The third-order valence-corrected chi connectivity index (χ3v) is 5.50. The van der Waals surface area contributed by atoms with Crippen LogP contribution in [0.25, 0.3) is 0 Å². The van der Waals surface area contributed by atoms with Crippen LogP contribution in [0.3, 0.4) is 0 Å². The fourth-order valence-corrected chi connectivity index (χ4v) is 3.35. The van der Waals surface area contributed by atoms with Crippen molar-refractivity contribution < 1.29 is 14.3 Å². The van der Waals surface area contributed by atoms with Gasteiger partial charge in [0.15, 0.2) is 0 Å². The zero-order valence-electron chi connectivity index (χ0n) is 18.8. The number of ether oxygens (including phenoxy) is 1. The molecule has 0 aliphatic heterocycles. The van der Waals surface area contributed by atoms with Gasteiger partial charge in [0.05, 0.1) is 13.5 Å². The summed E-state index contributed by atoms with van der Waals surface area (Å²) in [5, 5.41) is 3.05. The van der Waals surface area contributed by atoms with Crippen molar-refractivity contribution in [1.82, 2.24) is 10.2 Å². The van der Waals surface area contributed by atoms with Gasteiger partial charge in [0.2, 0.25) is 11.8 Å². The summed E-state index contributed by atoms with van der Waals surface area (Å²) in [7, 11) is 1.62. The minimum atomic E-state index is -0.510. The van der Waals surface area contributed by atoms with E-state index in [-0.39, 0.29) is 24.3 Å². The van der Waals surface area contributed by atoms with E-state index in [1.165, 1.54) is 0 Å². The first-order chi connectivity index (χ1) is 14.4. The van der Waals surface area contributed by atoms with Crippen LogP contribution in [0.5, 0.6) is 5.75 Å². The number of methoxy groups -OCH3 is 1. The van der Waals surface area contributed by atoms with E-state index in [0.717, 1.165) is 28.9 Å². The van der Waals surface area contributed by atoms with Gasteiger partial charge in [-0.05, 0) is 55.5 Å². The largest absolute Gasteiger partial charge is 0.497 e. The zero-order valence-corrected chi connectivity index (χ0v) is 18.8. The highest BCUT2D eigenvalue weighted by molar-refractivity contribution is 5.88. The molecule has 0 saturated carbocycles. The predicted molar refractivity (Wildman–Crippen MR) is 120 cm³/mol. The Balaban J connectivity index is 2.29. The number of hydrogen-bond acceptors (Lipinski definition) is 3. The van der Waals surface area contributed by atoms with Crippen molar-refractivity contribution in [2.24, 2.45) is 0 Å². The van der Waals surface area contributed by atoms with E-state index in [1.807, 2.05) is 76.2 Å². The second-order valence-electron chi connectivity index (χ2n) is 7.71. The second kappa shape index (κ2) is 11.4. The Morgan fingerprint density at radius 3 is 2.27 bits per heavy atom. The van der Waals surface area contributed by atoms with Gasteiger partial charge in [-0.25, -0.2) is 0 Å². The summed E-state index contributed by atoms with van der Waals surface area (Å²) >= 11 is 0. The minimum absolute atomic E-state index is 0.0606. The van der Waals surface area contributed by atoms with Gasteiger partial charge in [-0.15, -0.1) is 0 Å². The van der Waals surface area contributed by atoms with Gasteiger partial charge in [0.25, 0.3) is 0 Å². The van der Waals surface area contributed by atoms with Gasteiger partial charge >= 0.3 is 0 Å². The average Bonchev–Trinajstić information content (AvgIpc) is 2.75. The Bertz CT molecular complexity index is 833. The van der Waals surface area contributed by atoms with E-state index in [9.17, 15) is 9.59 Å². The first kappa shape index (κ1) is 23.5. The summed E-state index contributed by atoms with van der Waals surface area (Å²) in [5.74, 6) is 0.598. The number of hydrogen-bond donors (Lipinski definition) is 1. The molecule has 1 N–H and O–H groups in total. The summed E-state index contributed by atoms with van der Waals surface area (Å²) in [4.78, 5) is 28.1. The summed E-state index contributed by atoms with van der Waals surface area (Å²) in [6.45, 7) is 8.41. The van der Waals surface area contributed by atoms with E-state index in [0.29, 0.717) is 13.0 Å². The number of nitrogens with one attached hydrogen (secondary N) is 1. The minimum Gasteiger partial charge on any atom is -0.497 e. The number of carbonyl (C=O) groups is 2.